The molecule has 4 heteroatoms. The Balaban J connectivity index is 2.00. The zero-order valence-corrected chi connectivity index (χ0v) is 9.77. The smallest absolute Gasteiger partial charge is 0.138 e. The van der Waals surface area contributed by atoms with Crippen LogP contribution >= 0.6 is 0 Å². The quantitative estimate of drug-likeness (QED) is 0.787. The molecule has 0 spiro atoms. The fraction of sp³-hybridized carbons (Fsp3) is 0.818. The van der Waals surface area contributed by atoms with E-state index in [2.05, 4.69) is 29.2 Å². The number of rotatable bonds is 5. The van der Waals surface area contributed by atoms with E-state index in [1.54, 1.807) is 6.33 Å². The molecule has 2 rings (SSSR count). The maximum atomic E-state index is 4.32. The highest BCUT2D eigenvalue weighted by Crippen LogP contribution is 2.41. The first-order chi connectivity index (χ1) is 7.26. The van der Waals surface area contributed by atoms with Gasteiger partial charge in [0.2, 0.25) is 0 Å². The first kappa shape index (κ1) is 10.6. The molecule has 84 valence electrons. The summed E-state index contributed by atoms with van der Waals surface area (Å²) in [6.07, 6.45) is 4.01. The van der Waals surface area contributed by atoms with Gasteiger partial charge in [-0.15, -0.1) is 0 Å². The Bertz CT molecular complexity index is 320. The lowest BCUT2D eigenvalue weighted by Crippen LogP contribution is -2.31. The van der Waals surface area contributed by atoms with E-state index in [1.807, 2.05) is 11.7 Å². The van der Waals surface area contributed by atoms with Crippen LogP contribution in [0.15, 0.2) is 6.33 Å². The van der Waals surface area contributed by atoms with Crippen molar-refractivity contribution in [2.45, 2.75) is 39.3 Å². The molecular weight excluding hydrogens is 188 g/mol. The molecule has 0 radical (unpaired) electrons. The number of nitrogens with one attached hydrogen (secondary N) is 1. The van der Waals surface area contributed by atoms with E-state index in [0.29, 0.717) is 6.04 Å². The lowest BCUT2D eigenvalue weighted by atomic mass is 10.1. The van der Waals surface area contributed by atoms with Gasteiger partial charge in [-0.2, -0.15) is 5.10 Å². The van der Waals surface area contributed by atoms with Crippen molar-refractivity contribution in [3.8, 4) is 0 Å². The second kappa shape index (κ2) is 4.31. The number of nitrogens with zero attached hydrogens (tertiary/aromatic N) is 3. The molecule has 1 saturated carbocycles. The van der Waals surface area contributed by atoms with Crippen molar-refractivity contribution < 1.29 is 0 Å². The minimum atomic E-state index is 0.564. The molecule has 1 aromatic rings. The van der Waals surface area contributed by atoms with Gasteiger partial charge < -0.3 is 5.32 Å². The van der Waals surface area contributed by atoms with Gasteiger partial charge in [0.05, 0.1) is 0 Å². The maximum absolute atomic E-state index is 4.32. The molecule has 0 aromatic carbocycles. The molecule has 4 nitrogen and oxygen atoms in total. The molecule has 3 atom stereocenters. The minimum Gasteiger partial charge on any atom is -0.316 e. The first-order valence-corrected chi connectivity index (χ1v) is 5.80. The summed E-state index contributed by atoms with van der Waals surface area (Å²) >= 11 is 0. The summed E-state index contributed by atoms with van der Waals surface area (Å²) in [5, 5.41) is 7.60. The summed E-state index contributed by atoms with van der Waals surface area (Å²) in [4.78, 5) is 4.32. The van der Waals surface area contributed by atoms with Crippen LogP contribution < -0.4 is 5.32 Å². The van der Waals surface area contributed by atoms with Gasteiger partial charge in [0.1, 0.15) is 12.2 Å². The number of hydrogen-bond donors (Lipinski definition) is 1. The van der Waals surface area contributed by atoms with Crippen molar-refractivity contribution in [2.75, 3.05) is 7.05 Å². The molecule has 1 aliphatic carbocycles. The van der Waals surface area contributed by atoms with Gasteiger partial charge in [0.15, 0.2) is 0 Å². The highest BCUT2D eigenvalue weighted by atomic mass is 15.3. The summed E-state index contributed by atoms with van der Waals surface area (Å²) in [5.74, 6) is 2.81. The number of aromatic nitrogens is 3. The van der Waals surface area contributed by atoms with Crippen LogP contribution in [0.3, 0.4) is 0 Å². The van der Waals surface area contributed by atoms with Crippen LogP contribution in [0.25, 0.3) is 0 Å². The van der Waals surface area contributed by atoms with Gasteiger partial charge in [0.25, 0.3) is 0 Å². The van der Waals surface area contributed by atoms with E-state index in [9.17, 15) is 0 Å². The van der Waals surface area contributed by atoms with Crippen LogP contribution in [0.5, 0.6) is 0 Å². The third kappa shape index (κ3) is 2.20. The summed E-state index contributed by atoms with van der Waals surface area (Å²) in [6.45, 7) is 5.33. The standard InChI is InChI=1S/C11H20N4/c1-4-15-11(13-7-14-15)6-10(12-3)9-5-8(9)2/h7-10,12H,4-6H2,1-3H3. The Kier molecular flexibility index (Phi) is 3.05. The Morgan fingerprint density at radius 2 is 2.40 bits per heavy atom. The molecule has 0 aliphatic heterocycles. The van der Waals surface area contributed by atoms with Crippen LogP contribution in [0.1, 0.15) is 26.1 Å². The molecule has 0 bridgehead atoms. The molecular formula is C11H20N4. The van der Waals surface area contributed by atoms with Crippen LogP contribution in [-0.4, -0.2) is 27.9 Å². The predicted molar refractivity (Wildman–Crippen MR) is 59.5 cm³/mol. The van der Waals surface area contributed by atoms with Crippen LogP contribution in [0, 0.1) is 11.8 Å². The lowest BCUT2D eigenvalue weighted by molar-refractivity contribution is 0.455. The Morgan fingerprint density at radius 3 is 2.93 bits per heavy atom. The third-order valence-corrected chi connectivity index (χ3v) is 3.46. The second-order valence-electron chi connectivity index (χ2n) is 4.47. The van der Waals surface area contributed by atoms with Crippen molar-refractivity contribution in [2.24, 2.45) is 11.8 Å². The average Bonchev–Trinajstić information content (AvgIpc) is 2.81. The summed E-state index contributed by atoms with van der Waals surface area (Å²) in [6, 6.07) is 0.564. The van der Waals surface area contributed by atoms with Gasteiger partial charge in [-0.3, -0.25) is 4.68 Å². The van der Waals surface area contributed by atoms with Crippen LogP contribution in [-0.2, 0) is 13.0 Å². The molecule has 0 amide bonds. The Hall–Kier alpha value is -0.900. The van der Waals surface area contributed by atoms with E-state index in [-0.39, 0.29) is 0 Å². The molecule has 1 fully saturated rings. The van der Waals surface area contributed by atoms with Crippen LogP contribution in [0.2, 0.25) is 0 Å². The van der Waals surface area contributed by atoms with Gasteiger partial charge >= 0.3 is 0 Å². The zero-order valence-electron chi connectivity index (χ0n) is 9.77. The normalized spacial score (nSPS) is 26.6. The zero-order chi connectivity index (χ0) is 10.8. The van der Waals surface area contributed by atoms with E-state index in [1.165, 1.54) is 6.42 Å². The molecule has 3 unspecified atom stereocenters. The van der Waals surface area contributed by atoms with E-state index in [4.69, 9.17) is 0 Å². The minimum absolute atomic E-state index is 0.564. The maximum Gasteiger partial charge on any atom is 0.138 e. The summed E-state index contributed by atoms with van der Waals surface area (Å²) in [7, 11) is 2.04. The molecule has 15 heavy (non-hydrogen) atoms. The monoisotopic (exact) mass is 208 g/mol. The predicted octanol–water partition coefficient (Wildman–Crippen LogP) is 1.08. The second-order valence-corrected chi connectivity index (χ2v) is 4.47. The van der Waals surface area contributed by atoms with Crippen molar-refractivity contribution in [3.05, 3.63) is 12.2 Å². The SMILES string of the molecule is CCn1ncnc1CC(NC)C1CC1C. The fourth-order valence-electron chi connectivity index (χ4n) is 2.29. The Labute approximate surface area is 91.1 Å². The summed E-state index contributed by atoms with van der Waals surface area (Å²) in [5.41, 5.74) is 0. The van der Waals surface area contributed by atoms with E-state index in [0.717, 1.165) is 30.6 Å². The molecule has 1 aromatic heterocycles. The van der Waals surface area contributed by atoms with Crippen molar-refractivity contribution in [3.63, 3.8) is 0 Å². The van der Waals surface area contributed by atoms with Crippen molar-refractivity contribution >= 4 is 0 Å². The first-order valence-electron chi connectivity index (χ1n) is 5.80. The van der Waals surface area contributed by atoms with E-state index < -0.39 is 0 Å². The van der Waals surface area contributed by atoms with Gasteiger partial charge in [-0.25, -0.2) is 4.98 Å². The number of hydrogen-bond acceptors (Lipinski definition) is 3. The van der Waals surface area contributed by atoms with Gasteiger partial charge in [0, 0.05) is 19.0 Å². The largest absolute Gasteiger partial charge is 0.316 e. The molecule has 1 heterocycles. The third-order valence-electron chi connectivity index (χ3n) is 3.46. The highest BCUT2D eigenvalue weighted by molar-refractivity contribution is 4.98. The van der Waals surface area contributed by atoms with Crippen molar-refractivity contribution in [1.82, 2.24) is 20.1 Å². The number of likely N-dealkylation sites (N-methyl/N-ethyl adjacent to an activating group) is 1. The van der Waals surface area contributed by atoms with Gasteiger partial charge in [-0.05, 0) is 32.2 Å². The fourth-order valence-corrected chi connectivity index (χ4v) is 2.29. The van der Waals surface area contributed by atoms with Crippen LogP contribution in [0.4, 0.5) is 0 Å². The molecule has 1 N–H and O–H groups in total. The number of aryl methyl sites for hydroxylation is 1. The van der Waals surface area contributed by atoms with Gasteiger partial charge in [-0.1, -0.05) is 6.92 Å². The molecule has 1 aliphatic rings. The highest BCUT2D eigenvalue weighted by Gasteiger charge is 2.39. The summed E-state index contributed by atoms with van der Waals surface area (Å²) < 4.78 is 1.98. The average molecular weight is 208 g/mol. The molecule has 0 saturated heterocycles. The lowest BCUT2D eigenvalue weighted by Gasteiger charge is -2.15. The van der Waals surface area contributed by atoms with Crippen molar-refractivity contribution in [1.29, 1.82) is 0 Å². The Morgan fingerprint density at radius 1 is 1.67 bits per heavy atom. The topological polar surface area (TPSA) is 42.7 Å². The van der Waals surface area contributed by atoms with E-state index >= 15 is 0 Å².